The van der Waals surface area contributed by atoms with Crippen molar-refractivity contribution >= 4 is 5.97 Å². The van der Waals surface area contributed by atoms with Crippen molar-refractivity contribution in [2.45, 2.75) is 64.6 Å². The molecule has 0 aromatic carbocycles. The largest absolute Gasteiger partial charge is 0.465 e. The third-order valence-corrected chi connectivity index (χ3v) is 5.49. The van der Waals surface area contributed by atoms with E-state index in [9.17, 15) is 4.79 Å². The van der Waals surface area contributed by atoms with Gasteiger partial charge in [0.15, 0.2) is 0 Å². The van der Waals surface area contributed by atoms with Crippen LogP contribution in [0.1, 0.15) is 52.4 Å². The number of ether oxygens (including phenoxy) is 2. The van der Waals surface area contributed by atoms with Crippen LogP contribution in [0.15, 0.2) is 0 Å². The van der Waals surface area contributed by atoms with Crippen LogP contribution < -0.4 is 0 Å². The summed E-state index contributed by atoms with van der Waals surface area (Å²) < 4.78 is 11.2. The van der Waals surface area contributed by atoms with Crippen molar-refractivity contribution in [1.82, 2.24) is 0 Å². The van der Waals surface area contributed by atoms with Crippen molar-refractivity contribution in [1.29, 1.82) is 0 Å². The molecule has 0 N–H and O–H groups in total. The lowest BCUT2D eigenvalue weighted by atomic mass is 9.80. The minimum absolute atomic E-state index is 0.0539. The summed E-state index contributed by atoms with van der Waals surface area (Å²) in [4.78, 5) is 12.2. The second kappa shape index (κ2) is 5.43. The molecule has 1 heterocycles. The summed E-state index contributed by atoms with van der Waals surface area (Å²) in [6.45, 7) is 5.06. The van der Waals surface area contributed by atoms with E-state index in [0.29, 0.717) is 36.6 Å². The fraction of sp³-hybridized carbons (Fsp3) is 0.938. The van der Waals surface area contributed by atoms with Crippen LogP contribution in [0.25, 0.3) is 0 Å². The quantitative estimate of drug-likeness (QED) is 0.582. The summed E-state index contributed by atoms with van der Waals surface area (Å²) in [5.41, 5.74) is 0. The molecule has 6 atom stereocenters. The van der Waals surface area contributed by atoms with Gasteiger partial charge in [0.25, 0.3) is 0 Å². The van der Waals surface area contributed by atoms with Crippen LogP contribution in [0.4, 0.5) is 0 Å². The molecule has 3 rings (SSSR count). The number of rotatable bonds is 3. The van der Waals surface area contributed by atoms with E-state index in [1.807, 2.05) is 0 Å². The molecule has 0 aromatic rings. The van der Waals surface area contributed by atoms with E-state index in [-0.39, 0.29) is 11.9 Å². The van der Waals surface area contributed by atoms with Gasteiger partial charge in [0.2, 0.25) is 0 Å². The molecule has 19 heavy (non-hydrogen) atoms. The normalized spacial score (nSPS) is 45.4. The molecule has 1 aliphatic heterocycles. The highest BCUT2D eigenvalue weighted by atomic mass is 16.6. The molecule has 0 amide bonds. The standard InChI is InChI=1S/C16H26O3/c1-10-5-3-4-6-13(10)16(17)18-9-12-8-15-14(19-15)7-11(12)2/h10-15H,3-9H2,1-2H3. The smallest absolute Gasteiger partial charge is 0.309 e. The van der Waals surface area contributed by atoms with Crippen molar-refractivity contribution < 1.29 is 14.3 Å². The van der Waals surface area contributed by atoms with Crippen molar-refractivity contribution in [3.8, 4) is 0 Å². The van der Waals surface area contributed by atoms with E-state index in [0.717, 1.165) is 19.3 Å². The highest BCUT2D eigenvalue weighted by molar-refractivity contribution is 5.72. The number of fused-ring (bicyclic) bond motifs is 1. The topological polar surface area (TPSA) is 38.8 Å². The molecule has 3 heteroatoms. The van der Waals surface area contributed by atoms with Gasteiger partial charge in [-0.2, -0.15) is 0 Å². The average Bonchev–Trinajstić information content (AvgIpc) is 3.14. The maximum Gasteiger partial charge on any atom is 0.309 e. The van der Waals surface area contributed by atoms with Gasteiger partial charge in [-0.05, 0) is 43.4 Å². The first-order valence-corrected chi connectivity index (χ1v) is 7.97. The SMILES string of the molecule is CC1CC2OC2CC1COC(=O)C1CCCCC1C. The van der Waals surface area contributed by atoms with E-state index < -0.39 is 0 Å². The van der Waals surface area contributed by atoms with Crippen LogP contribution in [0.5, 0.6) is 0 Å². The van der Waals surface area contributed by atoms with E-state index >= 15 is 0 Å². The molecule has 2 saturated carbocycles. The molecule has 0 aromatic heterocycles. The van der Waals surface area contributed by atoms with Crippen LogP contribution in [0, 0.1) is 23.7 Å². The third kappa shape index (κ3) is 2.96. The summed E-state index contributed by atoms with van der Waals surface area (Å²) in [7, 11) is 0. The monoisotopic (exact) mass is 266 g/mol. The Morgan fingerprint density at radius 2 is 1.84 bits per heavy atom. The zero-order chi connectivity index (χ0) is 13.4. The molecule has 3 fully saturated rings. The van der Waals surface area contributed by atoms with E-state index in [2.05, 4.69) is 13.8 Å². The van der Waals surface area contributed by atoms with Crippen LogP contribution >= 0.6 is 0 Å². The Hall–Kier alpha value is -0.570. The van der Waals surface area contributed by atoms with Crippen LogP contribution in [0.3, 0.4) is 0 Å². The molecule has 3 aliphatic rings. The average molecular weight is 266 g/mol. The van der Waals surface area contributed by atoms with Crippen molar-refractivity contribution in [3.05, 3.63) is 0 Å². The summed E-state index contributed by atoms with van der Waals surface area (Å²) in [5, 5.41) is 0. The summed E-state index contributed by atoms with van der Waals surface area (Å²) in [6, 6.07) is 0. The predicted molar refractivity (Wildman–Crippen MR) is 72.6 cm³/mol. The molecule has 3 nitrogen and oxygen atoms in total. The van der Waals surface area contributed by atoms with Gasteiger partial charge in [-0.25, -0.2) is 0 Å². The molecule has 0 bridgehead atoms. The van der Waals surface area contributed by atoms with Crippen molar-refractivity contribution in [2.24, 2.45) is 23.7 Å². The van der Waals surface area contributed by atoms with Gasteiger partial charge in [0.05, 0.1) is 24.7 Å². The van der Waals surface area contributed by atoms with E-state index in [1.165, 1.54) is 19.3 Å². The maximum absolute atomic E-state index is 12.2. The first-order valence-electron chi connectivity index (χ1n) is 7.97. The first kappa shape index (κ1) is 13.4. The molecular weight excluding hydrogens is 240 g/mol. The number of epoxide rings is 1. The van der Waals surface area contributed by atoms with Crippen molar-refractivity contribution in [3.63, 3.8) is 0 Å². The Morgan fingerprint density at radius 3 is 2.63 bits per heavy atom. The second-order valence-electron chi connectivity index (χ2n) is 6.92. The zero-order valence-corrected chi connectivity index (χ0v) is 12.1. The zero-order valence-electron chi connectivity index (χ0n) is 12.1. The van der Waals surface area contributed by atoms with E-state index in [4.69, 9.17) is 9.47 Å². The Kier molecular flexibility index (Phi) is 3.84. The minimum Gasteiger partial charge on any atom is -0.465 e. The number of esters is 1. The fourth-order valence-electron chi connectivity index (χ4n) is 3.88. The highest BCUT2D eigenvalue weighted by Crippen LogP contribution is 2.42. The fourth-order valence-corrected chi connectivity index (χ4v) is 3.88. The highest BCUT2D eigenvalue weighted by Gasteiger charge is 2.47. The molecule has 2 aliphatic carbocycles. The first-order chi connectivity index (χ1) is 9.15. The molecule has 1 saturated heterocycles. The van der Waals surface area contributed by atoms with Gasteiger partial charge in [-0.15, -0.1) is 0 Å². The summed E-state index contributed by atoms with van der Waals surface area (Å²) in [6.07, 6.45) is 7.86. The molecule has 0 spiro atoms. The Labute approximate surface area is 116 Å². The van der Waals surface area contributed by atoms with Gasteiger partial charge in [-0.1, -0.05) is 26.7 Å². The summed E-state index contributed by atoms with van der Waals surface area (Å²) >= 11 is 0. The number of carbonyl (C=O) groups is 1. The van der Waals surface area contributed by atoms with Gasteiger partial charge in [-0.3, -0.25) is 4.79 Å². The maximum atomic E-state index is 12.2. The lowest BCUT2D eigenvalue weighted by Crippen LogP contribution is -2.31. The van der Waals surface area contributed by atoms with Gasteiger partial charge >= 0.3 is 5.97 Å². The lowest BCUT2D eigenvalue weighted by Gasteiger charge is -2.29. The van der Waals surface area contributed by atoms with Gasteiger partial charge in [0, 0.05) is 0 Å². The third-order valence-electron chi connectivity index (χ3n) is 5.49. The van der Waals surface area contributed by atoms with Crippen LogP contribution in [0.2, 0.25) is 0 Å². The molecule has 6 unspecified atom stereocenters. The minimum atomic E-state index is 0.0539. The van der Waals surface area contributed by atoms with Crippen LogP contribution in [-0.4, -0.2) is 24.8 Å². The number of hydrogen-bond donors (Lipinski definition) is 0. The van der Waals surface area contributed by atoms with Gasteiger partial charge < -0.3 is 9.47 Å². The Bertz CT molecular complexity index is 341. The molecular formula is C16H26O3. The number of carbonyl (C=O) groups excluding carboxylic acids is 1. The summed E-state index contributed by atoms with van der Waals surface area (Å²) in [5.74, 6) is 1.84. The Morgan fingerprint density at radius 1 is 1.11 bits per heavy atom. The van der Waals surface area contributed by atoms with Crippen LogP contribution in [-0.2, 0) is 14.3 Å². The Balaban J connectivity index is 1.47. The second-order valence-corrected chi connectivity index (χ2v) is 6.92. The van der Waals surface area contributed by atoms with Crippen molar-refractivity contribution in [2.75, 3.05) is 6.61 Å². The lowest BCUT2D eigenvalue weighted by molar-refractivity contribution is -0.153. The molecule has 0 radical (unpaired) electrons. The van der Waals surface area contributed by atoms with E-state index in [1.54, 1.807) is 0 Å². The molecule has 108 valence electrons. The van der Waals surface area contributed by atoms with Gasteiger partial charge in [0.1, 0.15) is 0 Å². The number of hydrogen-bond acceptors (Lipinski definition) is 3. The predicted octanol–water partition coefficient (Wildman–Crippen LogP) is 3.17.